The monoisotopic (exact) mass is 342 g/mol. The largest absolute Gasteiger partial charge is 0.345 e. The number of hydrogen-bond donors (Lipinski definition) is 2. The van der Waals surface area contributed by atoms with Crippen LogP contribution in [0.3, 0.4) is 0 Å². The maximum absolute atomic E-state index is 14.4. The van der Waals surface area contributed by atoms with Crippen LogP contribution in [0.4, 0.5) is 10.1 Å². The highest BCUT2D eigenvalue weighted by atomic mass is 32.2. The Balaban J connectivity index is 2.23. The summed E-state index contributed by atoms with van der Waals surface area (Å²) in [6, 6.07) is 3.07. The lowest BCUT2D eigenvalue weighted by molar-refractivity contribution is -0.385. The molecular weight excluding hydrogens is 327 g/mol. The Bertz CT molecular complexity index is 812. The number of guanidine groups is 1. The minimum absolute atomic E-state index is 0.0735. The van der Waals surface area contributed by atoms with Crippen LogP contribution >= 0.6 is 0 Å². The maximum atomic E-state index is 14.4. The lowest BCUT2D eigenvalue weighted by Gasteiger charge is -2.44. The molecule has 8 nitrogen and oxygen atoms in total. The second-order valence-electron chi connectivity index (χ2n) is 5.76. The summed E-state index contributed by atoms with van der Waals surface area (Å²) in [6.07, 6.45) is 1.10. The van der Waals surface area contributed by atoms with Gasteiger partial charge in [-0.05, 0) is 25.3 Å². The van der Waals surface area contributed by atoms with Gasteiger partial charge in [0.1, 0.15) is 11.1 Å². The van der Waals surface area contributed by atoms with E-state index in [4.69, 9.17) is 5.41 Å². The van der Waals surface area contributed by atoms with Crippen LogP contribution in [0.1, 0.15) is 24.8 Å². The van der Waals surface area contributed by atoms with Crippen LogP contribution in [-0.2, 0) is 15.6 Å². The highest BCUT2D eigenvalue weighted by Crippen LogP contribution is 2.47. The van der Waals surface area contributed by atoms with E-state index in [0.717, 1.165) is 22.5 Å². The fourth-order valence-electron chi connectivity index (χ4n) is 3.47. The number of nitrogens with zero attached hydrogens (tertiary/aromatic N) is 2. The number of non-ortho nitro benzene ring substituents is 1. The van der Waals surface area contributed by atoms with E-state index in [2.05, 4.69) is 5.32 Å². The van der Waals surface area contributed by atoms with Crippen LogP contribution in [0.15, 0.2) is 18.2 Å². The molecule has 0 bridgehead atoms. The topological polar surface area (TPSA) is 116 Å². The van der Waals surface area contributed by atoms with Gasteiger partial charge in [0.2, 0.25) is 16.0 Å². The van der Waals surface area contributed by atoms with E-state index < -0.39 is 31.6 Å². The molecule has 2 aliphatic rings. The number of sulfonamides is 1. The average molecular weight is 342 g/mol. The summed E-state index contributed by atoms with van der Waals surface area (Å²) < 4.78 is 40.4. The van der Waals surface area contributed by atoms with Crippen molar-refractivity contribution in [1.82, 2.24) is 9.62 Å². The van der Waals surface area contributed by atoms with E-state index in [-0.39, 0.29) is 23.6 Å². The third kappa shape index (κ3) is 2.08. The third-order valence-corrected chi connectivity index (χ3v) is 6.93. The minimum Gasteiger partial charge on any atom is -0.345 e. The summed E-state index contributed by atoms with van der Waals surface area (Å²) in [5.41, 5.74) is -1.74. The Morgan fingerprint density at radius 2 is 2.22 bits per heavy atom. The molecule has 0 spiro atoms. The second kappa shape index (κ2) is 4.88. The molecule has 2 unspecified atom stereocenters. The quantitative estimate of drug-likeness (QED) is 0.620. The van der Waals surface area contributed by atoms with Gasteiger partial charge in [-0.25, -0.2) is 17.1 Å². The Hall–Kier alpha value is -2.23. The van der Waals surface area contributed by atoms with Crippen molar-refractivity contribution in [2.75, 3.05) is 7.05 Å². The fourth-order valence-corrected chi connectivity index (χ4v) is 5.43. The second-order valence-corrected chi connectivity index (χ2v) is 7.91. The molecule has 0 amide bonds. The lowest BCUT2D eigenvalue weighted by atomic mass is 9.87. The molecule has 23 heavy (non-hydrogen) atoms. The van der Waals surface area contributed by atoms with Crippen LogP contribution in [0, 0.1) is 21.3 Å². The van der Waals surface area contributed by atoms with Crippen LogP contribution in [0.25, 0.3) is 0 Å². The Morgan fingerprint density at radius 3 is 2.87 bits per heavy atom. The maximum Gasteiger partial charge on any atom is 0.269 e. The molecule has 2 fully saturated rings. The zero-order valence-electron chi connectivity index (χ0n) is 12.2. The summed E-state index contributed by atoms with van der Waals surface area (Å²) in [4.78, 5) is 10.3. The number of hydrogen-bond acceptors (Lipinski definition) is 5. The molecule has 1 saturated heterocycles. The van der Waals surface area contributed by atoms with Crippen LogP contribution in [0.5, 0.6) is 0 Å². The standard InChI is InChI=1S/C13H15FN4O4S/c1-17-12(15)16-13(6-2-3-11(13)23(17,21)22)9-7-8(18(19)20)4-5-10(9)14/h4-5,7,11H,2-3,6H2,1H3,(H2,15,16). The lowest BCUT2D eigenvalue weighted by Crippen LogP contribution is -2.65. The van der Waals surface area contributed by atoms with Crippen LogP contribution in [0.2, 0.25) is 0 Å². The minimum atomic E-state index is -3.83. The van der Waals surface area contributed by atoms with E-state index >= 15 is 0 Å². The summed E-state index contributed by atoms with van der Waals surface area (Å²) in [6.45, 7) is 0. The summed E-state index contributed by atoms with van der Waals surface area (Å²) in [5, 5.41) is 20.7. The Morgan fingerprint density at radius 1 is 1.52 bits per heavy atom. The molecule has 1 aliphatic carbocycles. The van der Waals surface area contributed by atoms with Crippen molar-refractivity contribution in [3.05, 3.63) is 39.7 Å². The first-order valence-corrected chi connectivity index (χ1v) is 8.49. The SMILES string of the molecule is CN1C(=N)NC2(c3cc([N+](=O)[O-])ccc3F)CCCC2S1(=O)=O. The molecular formula is C13H15FN4O4S. The third-order valence-electron chi connectivity index (χ3n) is 4.63. The van der Waals surface area contributed by atoms with Crippen LogP contribution in [-0.4, -0.2) is 35.9 Å². The molecule has 2 atom stereocenters. The summed E-state index contributed by atoms with van der Waals surface area (Å²) in [5.74, 6) is -1.09. The Labute approximate surface area is 132 Å². The molecule has 0 aromatic heterocycles. The number of fused-ring (bicyclic) bond motifs is 1. The van der Waals surface area contributed by atoms with E-state index in [0.29, 0.717) is 12.8 Å². The van der Waals surface area contributed by atoms with Gasteiger partial charge in [-0.1, -0.05) is 0 Å². The van der Waals surface area contributed by atoms with Gasteiger partial charge >= 0.3 is 0 Å². The smallest absolute Gasteiger partial charge is 0.269 e. The first-order valence-electron chi connectivity index (χ1n) is 6.99. The molecule has 10 heteroatoms. The zero-order chi connectivity index (χ0) is 17.0. The molecule has 124 valence electrons. The van der Waals surface area contributed by atoms with E-state index in [1.807, 2.05) is 0 Å². The molecule has 1 aliphatic heterocycles. The van der Waals surface area contributed by atoms with Crippen molar-refractivity contribution in [1.29, 1.82) is 5.41 Å². The van der Waals surface area contributed by atoms with Gasteiger partial charge in [-0.3, -0.25) is 15.5 Å². The van der Waals surface area contributed by atoms with Crippen molar-refractivity contribution in [3.8, 4) is 0 Å². The Kier molecular flexibility index (Phi) is 3.32. The van der Waals surface area contributed by atoms with Gasteiger partial charge in [-0.2, -0.15) is 0 Å². The molecule has 0 radical (unpaired) electrons. The van der Waals surface area contributed by atoms with Gasteiger partial charge < -0.3 is 5.32 Å². The van der Waals surface area contributed by atoms with Gasteiger partial charge in [0.05, 0.1) is 10.5 Å². The molecule has 1 heterocycles. The predicted molar refractivity (Wildman–Crippen MR) is 79.9 cm³/mol. The number of benzene rings is 1. The first-order chi connectivity index (χ1) is 10.7. The number of halogens is 1. The van der Waals surface area contributed by atoms with E-state index in [9.17, 15) is 22.9 Å². The summed E-state index contributed by atoms with van der Waals surface area (Å²) >= 11 is 0. The first kappa shape index (κ1) is 15.7. The molecule has 3 rings (SSSR count). The number of nitrogens with one attached hydrogen (secondary N) is 2. The molecule has 1 aromatic carbocycles. The highest BCUT2D eigenvalue weighted by Gasteiger charge is 2.57. The van der Waals surface area contributed by atoms with Crippen molar-refractivity contribution >= 4 is 21.7 Å². The molecule has 2 N–H and O–H groups in total. The predicted octanol–water partition coefficient (Wildman–Crippen LogP) is 1.28. The fraction of sp³-hybridized carbons (Fsp3) is 0.462. The van der Waals surface area contributed by atoms with Gasteiger partial charge in [0.25, 0.3) is 5.69 Å². The molecule has 1 saturated carbocycles. The normalized spacial score (nSPS) is 29.0. The van der Waals surface area contributed by atoms with Crippen LogP contribution < -0.4 is 5.32 Å². The van der Waals surface area contributed by atoms with Crippen molar-refractivity contribution < 1.29 is 17.7 Å². The number of nitro groups is 1. The van der Waals surface area contributed by atoms with E-state index in [1.165, 1.54) is 7.05 Å². The average Bonchev–Trinajstić information content (AvgIpc) is 2.91. The zero-order valence-corrected chi connectivity index (χ0v) is 13.1. The van der Waals surface area contributed by atoms with Gasteiger partial charge in [0.15, 0.2) is 0 Å². The number of rotatable bonds is 2. The van der Waals surface area contributed by atoms with Gasteiger partial charge in [-0.15, -0.1) is 0 Å². The highest BCUT2D eigenvalue weighted by molar-refractivity contribution is 7.90. The van der Waals surface area contributed by atoms with Crippen molar-refractivity contribution in [2.45, 2.75) is 30.1 Å². The van der Waals surface area contributed by atoms with E-state index in [1.54, 1.807) is 0 Å². The number of nitro benzene ring substituents is 1. The van der Waals surface area contributed by atoms with Gasteiger partial charge in [0, 0.05) is 24.7 Å². The van der Waals surface area contributed by atoms with Crippen molar-refractivity contribution in [2.24, 2.45) is 0 Å². The van der Waals surface area contributed by atoms with Crippen molar-refractivity contribution in [3.63, 3.8) is 0 Å². The molecule has 1 aromatic rings. The summed E-state index contributed by atoms with van der Waals surface area (Å²) in [7, 11) is -2.57.